The Kier molecular flexibility index (Phi) is 2.41. The van der Waals surface area contributed by atoms with Gasteiger partial charge in [-0.1, -0.05) is 6.07 Å². The lowest BCUT2D eigenvalue weighted by Crippen LogP contribution is -2.29. The van der Waals surface area contributed by atoms with Crippen LogP contribution in [0.5, 0.6) is 0 Å². The van der Waals surface area contributed by atoms with Crippen LogP contribution >= 0.6 is 0 Å². The molecule has 0 saturated carbocycles. The van der Waals surface area contributed by atoms with Crippen LogP contribution in [0.3, 0.4) is 0 Å². The molecule has 1 fully saturated rings. The van der Waals surface area contributed by atoms with E-state index < -0.39 is 17.6 Å². The summed E-state index contributed by atoms with van der Waals surface area (Å²) in [6.07, 6.45) is 0.223. The monoisotopic (exact) mass is 218 g/mol. The number of hydrogen-bond acceptors (Lipinski definition) is 3. The van der Waals surface area contributed by atoms with Crippen molar-refractivity contribution in [1.29, 1.82) is 5.26 Å². The number of nitrogens with zero attached hydrogens (tertiary/aromatic N) is 2. The van der Waals surface area contributed by atoms with Crippen LogP contribution in [-0.2, 0) is 9.59 Å². The van der Waals surface area contributed by atoms with Crippen LogP contribution in [0.2, 0.25) is 0 Å². The molecule has 80 valence electrons. The average Bonchev–Trinajstić information content (AvgIpc) is 2.58. The Morgan fingerprint density at radius 2 is 1.88 bits per heavy atom. The lowest BCUT2D eigenvalue weighted by Gasteiger charge is -2.15. The lowest BCUT2D eigenvalue weighted by molar-refractivity contribution is -0.121. The van der Waals surface area contributed by atoms with E-state index in [0.29, 0.717) is 0 Å². The predicted molar refractivity (Wildman–Crippen MR) is 52.8 cm³/mol. The van der Waals surface area contributed by atoms with Gasteiger partial charge in [-0.05, 0) is 12.1 Å². The van der Waals surface area contributed by atoms with E-state index in [0.717, 1.165) is 11.0 Å². The molecule has 0 radical (unpaired) electrons. The molecule has 0 N–H and O–H groups in total. The molecule has 1 heterocycles. The zero-order chi connectivity index (χ0) is 11.7. The summed E-state index contributed by atoms with van der Waals surface area (Å²) >= 11 is 0. The molecule has 1 aromatic carbocycles. The third-order valence-electron chi connectivity index (χ3n) is 2.40. The number of rotatable bonds is 1. The number of benzene rings is 1. The van der Waals surface area contributed by atoms with Crippen LogP contribution in [0.1, 0.15) is 18.4 Å². The van der Waals surface area contributed by atoms with Gasteiger partial charge in [0.25, 0.3) is 0 Å². The number of anilines is 1. The van der Waals surface area contributed by atoms with E-state index in [9.17, 15) is 14.0 Å². The second kappa shape index (κ2) is 3.74. The molecular formula is C11H7FN2O2. The number of carbonyl (C=O) groups is 2. The smallest absolute Gasteiger partial charge is 0.234 e. The summed E-state index contributed by atoms with van der Waals surface area (Å²) in [5.41, 5.74) is -0.235. The molecule has 0 atom stereocenters. The van der Waals surface area contributed by atoms with Gasteiger partial charge in [0.2, 0.25) is 11.8 Å². The number of halogens is 1. The standard InChI is InChI=1S/C11H7FN2O2/c12-8-2-1-3-9(7(8)6-13)14-10(15)4-5-11(14)16/h1-3H,4-5H2. The van der Waals surface area contributed by atoms with Crippen molar-refractivity contribution in [2.75, 3.05) is 4.90 Å². The fraction of sp³-hybridized carbons (Fsp3) is 0.182. The predicted octanol–water partition coefficient (Wildman–Crippen LogP) is 1.35. The summed E-state index contributed by atoms with van der Waals surface area (Å²) in [6, 6.07) is 5.54. The van der Waals surface area contributed by atoms with E-state index in [1.165, 1.54) is 12.1 Å². The molecule has 1 saturated heterocycles. The molecule has 0 unspecified atom stereocenters. The van der Waals surface area contributed by atoms with Crippen molar-refractivity contribution in [1.82, 2.24) is 0 Å². The van der Waals surface area contributed by atoms with E-state index in [2.05, 4.69) is 0 Å². The van der Waals surface area contributed by atoms with Gasteiger partial charge >= 0.3 is 0 Å². The van der Waals surface area contributed by atoms with Crippen LogP contribution in [0, 0.1) is 17.1 Å². The maximum Gasteiger partial charge on any atom is 0.234 e. The Morgan fingerprint density at radius 3 is 2.44 bits per heavy atom. The summed E-state index contributed by atoms with van der Waals surface area (Å²) in [5.74, 6) is -1.52. The molecule has 1 aromatic rings. The van der Waals surface area contributed by atoms with Crippen LogP contribution in [0.15, 0.2) is 18.2 Å². The van der Waals surface area contributed by atoms with Gasteiger partial charge in [-0.3, -0.25) is 9.59 Å². The van der Waals surface area contributed by atoms with E-state index in [-0.39, 0.29) is 24.1 Å². The Morgan fingerprint density at radius 1 is 1.25 bits per heavy atom. The molecule has 1 aliphatic heterocycles. The average molecular weight is 218 g/mol. The summed E-state index contributed by atoms with van der Waals surface area (Å²) < 4.78 is 13.3. The normalized spacial score (nSPS) is 15.4. The first-order valence-corrected chi connectivity index (χ1v) is 4.69. The zero-order valence-electron chi connectivity index (χ0n) is 8.24. The minimum Gasteiger partial charge on any atom is -0.274 e. The second-order valence-electron chi connectivity index (χ2n) is 3.37. The minimum absolute atomic E-state index is 0.0370. The maximum atomic E-state index is 13.3. The van der Waals surface area contributed by atoms with Crippen molar-refractivity contribution in [2.45, 2.75) is 12.8 Å². The van der Waals surface area contributed by atoms with Gasteiger partial charge in [0.1, 0.15) is 17.4 Å². The van der Waals surface area contributed by atoms with Gasteiger partial charge in [-0.15, -0.1) is 0 Å². The molecule has 4 nitrogen and oxygen atoms in total. The zero-order valence-corrected chi connectivity index (χ0v) is 8.24. The van der Waals surface area contributed by atoms with Crippen molar-refractivity contribution in [3.05, 3.63) is 29.6 Å². The van der Waals surface area contributed by atoms with Crippen LogP contribution < -0.4 is 4.90 Å². The molecule has 5 heteroatoms. The van der Waals surface area contributed by atoms with Crippen molar-refractivity contribution in [3.8, 4) is 6.07 Å². The Balaban J connectivity index is 2.57. The minimum atomic E-state index is -0.729. The molecule has 1 aliphatic rings. The molecule has 2 rings (SSSR count). The molecule has 16 heavy (non-hydrogen) atoms. The Bertz CT molecular complexity index is 503. The molecule has 0 bridgehead atoms. The van der Waals surface area contributed by atoms with Gasteiger partial charge in [-0.25, -0.2) is 9.29 Å². The molecule has 0 spiro atoms. The highest BCUT2D eigenvalue weighted by molar-refractivity contribution is 6.20. The fourth-order valence-corrected chi connectivity index (χ4v) is 1.66. The quantitative estimate of drug-likeness (QED) is 0.668. The van der Waals surface area contributed by atoms with Crippen molar-refractivity contribution in [2.24, 2.45) is 0 Å². The molecule has 0 aromatic heterocycles. The van der Waals surface area contributed by atoms with E-state index in [1.54, 1.807) is 6.07 Å². The fourth-order valence-electron chi connectivity index (χ4n) is 1.66. The number of amides is 2. The highest BCUT2D eigenvalue weighted by Crippen LogP contribution is 2.27. The van der Waals surface area contributed by atoms with Gasteiger partial charge in [0, 0.05) is 12.8 Å². The number of nitriles is 1. The molecule has 0 aliphatic carbocycles. The largest absolute Gasteiger partial charge is 0.274 e. The van der Waals surface area contributed by atoms with E-state index >= 15 is 0 Å². The van der Waals surface area contributed by atoms with Crippen molar-refractivity contribution < 1.29 is 14.0 Å². The van der Waals surface area contributed by atoms with Gasteiger partial charge in [0.15, 0.2) is 0 Å². The SMILES string of the molecule is N#Cc1c(F)cccc1N1C(=O)CCC1=O. The second-order valence-corrected chi connectivity index (χ2v) is 3.37. The first kappa shape index (κ1) is 10.3. The van der Waals surface area contributed by atoms with Crippen LogP contribution in [0.25, 0.3) is 0 Å². The van der Waals surface area contributed by atoms with Crippen LogP contribution in [-0.4, -0.2) is 11.8 Å². The molecule has 2 amide bonds. The lowest BCUT2D eigenvalue weighted by atomic mass is 10.1. The first-order valence-electron chi connectivity index (χ1n) is 4.69. The number of carbonyl (C=O) groups excluding carboxylic acids is 2. The van der Waals surface area contributed by atoms with Gasteiger partial charge < -0.3 is 0 Å². The van der Waals surface area contributed by atoms with Crippen LogP contribution in [0.4, 0.5) is 10.1 Å². The van der Waals surface area contributed by atoms with Crippen molar-refractivity contribution in [3.63, 3.8) is 0 Å². The summed E-state index contributed by atoms with van der Waals surface area (Å²) in [4.78, 5) is 23.8. The number of hydrogen-bond donors (Lipinski definition) is 0. The summed E-state index contributed by atoms with van der Waals surface area (Å²) in [7, 11) is 0. The third kappa shape index (κ3) is 1.44. The maximum absolute atomic E-state index is 13.3. The first-order chi connectivity index (χ1) is 7.65. The third-order valence-corrected chi connectivity index (χ3v) is 2.40. The highest BCUT2D eigenvalue weighted by Gasteiger charge is 2.32. The Labute approximate surface area is 90.9 Å². The summed E-state index contributed by atoms with van der Waals surface area (Å²) in [5, 5.41) is 8.79. The van der Waals surface area contributed by atoms with Gasteiger partial charge in [0.05, 0.1) is 5.69 Å². The molecular weight excluding hydrogens is 211 g/mol. The number of imide groups is 1. The van der Waals surface area contributed by atoms with Crippen molar-refractivity contribution >= 4 is 17.5 Å². The van der Waals surface area contributed by atoms with Gasteiger partial charge in [-0.2, -0.15) is 5.26 Å². The Hall–Kier alpha value is -2.22. The van der Waals surface area contributed by atoms with E-state index in [4.69, 9.17) is 5.26 Å². The highest BCUT2D eigenvalue weighted by atomic mass is 19.1. The summed E-state index contributed by atoms with van der Waals surface area (Å²) in [6.45, 7) is 0. The van der Waals surface area contributed by atoms with E-state index in [1.807, 2.05) is 0 Å². The topological polar surface area (TPSA) is 61.2 Å².